The second-order valence-electron chi connectivity index (χ2n) is 4.47. The van der Waals surface area contributed by atoms with Gasteiger partial charge in [0.1, 0.15) is 4.90 Å². The van der Waals surface area contributed by atoms with Crippen molar-refractivity contribution in [3.05, 3.63) is 65.2 Å². The van der Waals surface area contributed by atoms with E-state index in [1.807, 2.05) is 0 Å². The van der Waals surface area contributed by atoms with Crippen molar-refractivity contribution in [2.45, 2.75) is 11.3 Å². The predicted octanol–water partition coefficient (Wildman–Crippen LogP) is 3.95. The van der Waals surface area contributed by atoms with Crippen LogP contribution in [0, 0.1) is 0 Å². The van der Waals surface area contributed by atoms with Gasteiger partial charge in [0.15, 0.2) is 11.5 Å². The molecule has 2 rings (SSSR count). The molecule has 0 aliphatic rings. The van der Waals surface area contributed by atoms with Gasteiger partial charge in [0.2, 0.25) is 0 Å². The van der Waals surface area contributed by atoms with Gasteiger partial charge in [-0.3, -0.25) is 0 Å². The van der Waals surface area contributed by atoms with Crippen molar-refractivity contribution in [1.29, 1.82) is 0 Å². The zero-order valence-corrected chi connectivity index (χ0v) is 14.4. The van der Waals surface area contributed by atoms with E-state index < -0.39 is 10.1 Å². The van der Waals surface area contributed by atoms with Crippen LogP contribution in [0.4, 0.5) is 0 Å². The largest absolute Gasteiger partial charge is 0.493 e. The third-order valence-electron chi connectivity index (χ3n) is 2.89. The molecule has 116 valence electrons. The fraction of sp³-hybridized carbons (Fsp3) is 0.125. The zero-order valence-electron chi connectivity index (χ0n) is 12.0. The zero-order chi connectivity index (χ0) is 16.2. The fourth-order valence-electron chi connectivity index (χ4n) is 1.86. The van der Waals surface area contributed by atoms with Gasteiger partial charge in [-0.2, -0.15) is 8.42 Å². The second-order valence-corrected chi connectivity index (χ2v) is 6.93. The van der Waals surface area contributed by atoms with E-state index in [0.29, 0.717) is 16.6 Å². The van der Waals surface area contributed by atoms with Gasteiger partial charge in [0.25, 0.3) is 0 Å². The number of hydrogen-bond acceptors (Lipinski definition) is 4. The highest BCUT2D eigenvalue weighted by Gasteiger charge is 2.19. The van der Waals surface area contributed by atoms with Crippen LogP contribution >= 0.6 is 15.9 Å². The van der Waals surface area contributed by atoms with E-state index in [1.54, 1.807) is 36.4 Å². The normalized spacial score (nSPS) is 11.0. The Morgan fingerprint density at radius 1 is 1.18 bits per heavy atom. The smallest absolute Gasteiger partial charge is 0.339 e. The first-order chi connectivity index (χ1) is 10.5. The van der Waals surface area contributed by atoms with Crippen LogP contribution in [0.3, 0.4) is 0 Å². The standard InChI is InChI=1S/C16H15BrO4S/c1-3-5-12-8-9-15(16(10-12)20-2)21-22(18,19)14-7-4-6-13(17)11-14/h3-4,6-11H,1,5H2,2H3. The Morgan fingerprint density at radius 3 is 2.59 bits per heavy atom. The molecule has 0 aromatic heterocycles. The molecule has 0 aliphatic heterocycles. The summed E-state index contributed by atoms with van der Waals surface area (Å²) in [7, 11) is -2.46. The lowest BCUT2D eigenvalue weighted by Crippen LogP contribution is -2.10. The maximum atomic E-state index is 12.3. The molecule has 22 heavy (non-hydrogen) atoms. The van der Waals surface area contributed by atoms with Gasteiger partial charge in [-0.1, -0.05) is 34.1 Å². The molecule has 0 N–H and O–H groups in total. The van der Waals surface area contributed by atoms with Crippen LogP contribution in [0.5, 0.6) is 11.5 Å². The summed E-state index contributed by atoms with van der Waals surface area (Å²) in [4.78, 5) is 0.0686. The average molecular weight is 383 g/mol. The number of halogens is 1. The number of hydrogen-bond donors (Lipinski definition) is 0. The van der Waals surface area contributed by atoms with Crippen LogP contribution in [0.15, 0.2) is 64.5 Å². The van der Waals surface area contributed by atoms with Gasteiger partial charge in [-0.05, 0) is 42.3 Å². The molecule has 0 atom stereocenters. The second kappa shape index (κ2) is 6.98. The minimum absolute atomic E-state index is 0.0686. The maximum absolute atomic E-state index is 12.3. The minimum atomic E-state index is -3.92. The van der Waals surface area contributed by atoms with Crippen molar-refractivity contribution in [2.75, 3.05) is 7.11 Å². The summed E-state index contributed by atoms with van der Waals surface area (Å²) in [6.07, 6.45) is 2.42. The number of ether oxygens (including phenoxy) is 1. The van der Waals surface area contributed by atoms with Gasteiger partial charge in [-0.25, -0.2) is 0 Å². The van der Waals surface area contributed by atoms with E-state index in [1.165, 1.54) is 19.2 Å². The summed E-state index contributed by atoms with van der Waals surface area (Å²) in [5, 5.41) is 0. The van der Waals surface area contributed by atoms with Crippen molar-refractivity contribution in [2.24, 2.45) is 0 Å². The lowest BCUT2D eigenvalue weighted by molar-refractivity contribution is 0.390. The molecule has 0 aliphatic carbocycles. The first kappa shape index (κ1) is 16.6. The van der Waals surface area contributed by atoms with E-state index in [-0.39, 0.29) is 10.6 Å². The first-order valence-electron chi connectivity index (χ1n) is 6.44. The van der Waals surface area contributed by atoms with Gasteiger partial charge in [0, 0.05) is 4.47 Å². The molecule has 0 radical (unpaired) electrons. The number of allylic oxidation sites excluding steroid dienone is 1. The molecule has 0 amide bonds. The van der Waals surface area contributed by atoms with Crippen LogP contribution in [0.25, 0.3) is 0 Å². The molecule has 0 fully saturated rings. The summed E-state index contributed by atoms with van der Waals surface area (Å²) in [6, 6.07) is 11.4. The van der Waals surface area contributed by atoms with Gasteiger partial charge < -0.3 is 8.92 Å². The Morgan fingerprint density at radius 2 is 1.95 bits per heavy atom. The minimum Gasteiger partial charge on any atom is -0.493 e. The predicted molar refractivity (Wildman–Crippen MR) is 88.9 cm³/mol. The summed E-state index contributed by atoms with van der Waals surface area (Å²) in [6.45, 7) is 3.67. The van der Waals surface area contributed by atoms with Crippen LogP contribution in [0.2, 0.25) is 0 Å². The van der Waals surface area contributed by atoms with Crippen LogP contribution in [-0.2, 0) is 16.5 Å². The van der Waals surface area contributed by atoms with Crippen LogP contribution < -0.4 is 8.92 Å². The Labute approximate surface area is 138 Å². The highest BCUT2D eigenvalue weighted by atomic mass is 79.9. The molecular weight excluding hydrogens is 368 g/mol. The maximum Gasteiger partial charge on any atom is 0.339 e. The third-order valence-corrected chi connectivity index (χ3v) is 4.62. The monoisotopic (exact) mass is 382 g/mol. The molecule has 0 saturated heterocycles. The molecular formula is C16H15BrO4S. The Balaban J connectivity index is 2.35. The summed E-state index contributed by atoms with van der Waals surface area (Å²) in [5.41, 5.74) is 0.957. The number of methoxy groups -OCH3 is 1. The van der Waals surface area contributed by atoms with E-state index in [2.05, 4.69) is 22.5 Å². The molecule has 0 bridgehead atoms. The molecule has 0 saturated carbocycles. The Hall–Kier alpha value is -1.79. The SMILES string of the molecule is C=CCc1ccc(OS(=O)(=O)c2cccc(Br)c2)c(OC)c1. The molecule has 6 heteroatoms. The van der Waals surface area contributed by atoms with Crippen LogP contribution in [0.1, 0.15) is 5.56 Å². The van der Waals surface area contributed by atoms with Crippen molar-refractivity contribution in [1.82, 2.24) is 0 Å². The molecule has 0 spiro atoms. The van der Waals surface area contributed by atoms with Gasteiger partial charge in [-0.15, -0.1) is 6.58 Å². The Kier molecular flexibility index (Phi) is 5.26. The Bertz CT molecular complexity index is 784. The number of benzene rings is 2. The summed E-state index contributed by atoms with van der Waals surface area (Å²) in [5.74, 6) is 0.508. The average Bonchev–Trinajstić information content (AvgIpc) is 2.49. The topological polar surface area (TPSA) is 52.6 Å². The van der Waals surface area contributed by atoms with Gasteiger partial charge in [0.05, 0.1) is 7.11 Å². The van der Waals surface area contributed by atoms with Crippen LogP contribution in [-0.4, -0.2) is 15.5 Å². The van der Waals surface area contributed by atoms with Crippen molar-refractivity contribution >= 4 is 26.0 Å². The molecule has 0 unspecified atom stereocenters. The molecule has 0 heterocycles. The highest BCUT2D eigenvalue weighted by Crippen LogP contribution is 2.31. The summed E-state index contributed by atoms with van der Waals surface area (Å²) >= 11 is 3.24. The van der Waals surface area contributed by atoms with Crippen molar-refractivity contribution in [3.8, 4) is 11.5 Å². The first-order valence-corrected chi connectivity index (χ1v) is 8.64. The van der Waals surface area contributed by atoms with E-state index in [0.717, 1.165) is 5.56 Å². The number of rotatable bonds is 6. The third kappa shape index (κ3) is 3.90. The quantitative estimate of drug-likeness (QED) is 0.560. The molecule has 2 aromatic carbocycles. The van der Waals surface area contributed by atoms with Crippen molar-refractivity contribution in [3.63, 3.8) is 0 Å². The molecule has 4 nitrogen and oxygen atoms in total. The summed E-state index contributed by atoms with van der Waals surface area (Å²) < 4.78 is 35.7. The van der Waals surface area contributed by atoms with Crippen molar-refractivity contribution < 1.29 is 17.3 Å². The molecule has 2 aromatic rings. The highest BCUT2D eigenvalue weighted by molar-refractivity contribution is 9.10. The lowest BCUT2D eigenvalue weighted by atomic mass is 10.1. The van der Waals surface area contributed by atoms with E-state index >= 15 is 0 Å². The van der Waals surface area contributed by atoms with E-state index in [4.69, 9.17) is 8.92 Å². The van der Waals surface area contributed by atoms with Gasteiger partial charge >= 0.3 is 10.1 Å². The van der Waals surface area contributed by atoms with E-state index in [9.17, 15) is 8.42 Å². The fourth-order valence-corrected chi connectivity index (χ4v) is 3.40. The lowest BCUT2D eigenvalue weighted by Gasteiger charge is -2.12.